The molecule has 0 bridgehead atoms. The summed E-state index contributed by atoms with van der Waals surface area (Å²) in [6.07, 6.45) is 5.64. The minimum Gasteiger partial charge on any atom is -0.382 e. The number of hydrogen-bond donors (Lipinski definition) is 3. The number of nitrogen functional groups attached to an aromatic ring is 1. The molecule has 4 nitrogen and oxygen atoms in total. The van der Waals surface area contributed by atoms with Crippen LogP contribution in [0.5, 0.6) is 0 Å². The average molecular weight is 234 g/mol. The predicted octanol–water partition coefficient (Wildman–Crippen LogP) is 2.60. The van der Waals surface area contributed by atoms with Crippen LogP contribution in [0.1, 0.15) is 33.1 Å². The van der Waals surface area contributed by atoms with Crippen molar-refractivity contribution in [2.45, 2.75) is 39.2 Å². The third kappa shape index (κ3) is 3.09. The molecule has 1 fully saturated rings. The van der Waals surface area contributed by atoms with Gasteiger partial charge in [0.25, 0.3) is 0 Å². The number of nitrogens with two attached hydrogens (primary N) is 1. The van der Waals surface area contributed by atoms with Crippen molar-refractivity contribution in [3.05, 3.63) is 18.3 Å². The highest BCUT2D eigenvalue weighted by Crippen LogP contribution is 2.30. The van der Waals surface area contributed by atoms with Gasteiger partial charge in [-0.25, -0.2) is 10.8 Å². The molecule has 1 aromatic heterocycles. The second kappa shape index (κ2) is 5.36. The van der Waals surface area contributed by atoms with E-state index in [-0.39, 0.29) is 0 Å². The van der Waals surface area contributed by atoms with E-state index in [1.807, 2.05) is 12.1 Å². The maximum atomic E-state index is 5.36. The Morgan fingerprint density at radius 3 is 2.88 bits per heavy atom. The molecule has 0 amide bonds. The highest BCUT2D eigenvalue weighted by molar-refractivity contribution is 5.51. The van der Waals surface area contributed by atoms with Gasteiger partial charge in [0.1, 0.15) is 5.82 Å². The highest BCUT2D eigenvalue weighted by Gasteiger charge is 2.24. The van der Waals surface area contributed by atoms with Gasteiger partial charge in [0.2, 0.25) is 0 Å². The third-order valence-electron chi connectivity index (χ3n) is 3.69. The smallest absolute Gasteiger partial charge is 0.141 e. The average Bonchev–Trinajstić information content (AvgIpc) is 2.33. The van der Waals surface area contributed by atoms with Gasteiger partial charge in [0.05, 0.1) is 0 Å². The van der Waals surface area contributed by atoms with Crippen LogP contribution in [0.25, 0.3) is 0 Å². The van der Waals surface area contributed by atoms with Crippen molar-refractivity contribution in [1.29, 1.82) is 0 Å². The Labute approximate surface area is 103 Å². The van der Waals surface area contributed by atoms with Gasteiger partial charge in [-0.05, 0) is 37.2 Å². The lowest BCUT2D eigenvalue weighted by molar-refractivity contribution is 0.276. The molecular formula is C13H22N4. The van der Waals surface area contributed by atoms with Gasteiger partial charge in [0.15, 0.2) is 0 Å². The fourth-order valence-electron chi connectivity index (χ4n) is 2.69. The van der Waals surface area contributed by atoms with Gasteiger partial charge < -0.3 is 10.7 Å². The fourth-order valence-corrected chi connectivity index (χ4v) is 2.69. The fraction of sp³-hybridized carbons (Fsp3) is 0.615. The summed E-state index contributed by atoms with van der Waals surface area (Å²) < 4.78 is 0. The molecule has 0 saturated heterocycles. The number of rotatable bonds is 3. The first-order valence-electron chi connectivity index (χ1n) is 6.38. The van der Waals surface area contributed by atoms with Crippen LogP contribution in [-0.4, -0.2) is 11.0 Å². The molecule has 4 heteroatoms. The summed E-state index contributed by atoms with van der Waals surface area (Å²) >= 11 is 0. The minimum atomic E-state index is 0.569. The van der Waals surface area contributed by atoms with Crippen LogP contribution >= 0.6 is 0 Å². The lowest BCUT2D eigenvalue weighted by Gasteiger charge is -2.33. The maximum Gasteiger partial charge on any atom is 0.141 e. The lowest BCUT2D eigenvalue weighted by atomic mass is 9.80. The Kier molecular flexibility index (Phi) is 3.84. The van der Waals surface area contributed by atoms with Gasteiger partial charge >= 0.3 is 0 Å². The van der Waals surface area contributed by atoms with Gasteiger partial charge in [-0.15, -0.1) is 0 Å². The molecule has 1 aliphatic carbocycles. The standard InChI is InChI=1S/C13H22N4/c1-9-3-4-12(10(2)7-9)16-11-5-6-15-13(8-11)17-14/h5-6,8-10,12H,3-4,7,14H2,1-2H3,(H2,15,16,17). The molecule has 1 heterocycles. The van der Waals surface area contributed by atoms with Crippen molar-refractivity contribution in [1.82, 2.24) is 4.98 Å². The number of anilines is 2. The van der Waals surface area contributed by atoms with E-state index in [9.17, 15) is 0 Å². The monoisotopic (exact) mass is 234 g/mol. The van der Waals surface area contributed by atoms with Crippen LogP contribution < -0.4 is 16.6 Å². The second-order valence-corrected chi connectivity index (χ2v) is 5.22. The van der Waals surface area contributed by atoms with E-state index < -0.39 is 0 Å². The van der Waals surface area contributed by atoms with E-state index in [2.05, 4.69) is 29.6 Å². The first-order chi connectivity index (χ1) is 8.19. The van der Waals surface area contributed by atoms with Gasteiger partial charge in [-0.1, -0.05) is 13.8 Å². The zero-order valence-corrected chi connectivity index (χ0v) is 10.6. The molecule has 1 aliphatic rings. The van der Waals surface area contributed by atoms with Crippen molar-refractivity contribution < 1.29 is 0 Å². The molecule has 3 atom stereocenters. The van der Waals surface area contributed by atoms with Crippen LogP contribution in [0.15, 0.2) is 18.3 Å². The SMILES string of the molecule is CC1CCC(Nc2ccnc(NN)c2)C(C)C1. The van der Waals surface area contributed by atoms with Crippen molar-refractivity contribution in [2.75, 3.05) is 10.7 Å². The van der Waals surface area contributed by atoms with Gasteiger partial charge in [-0.2, -0.15) is 0 Å². The van der Waals surface area contributed by atoms with Crippen molar-refractivity contribution >= 4 is 11.5 Å². The molecular weight excluding hydrogens is 212 g/mol. The summed E-state index contributed by atoms with van der Waals surface area (Å²) in [5, 5.41) is 3.59. The number of nitrogens with one attached hydrogen (secondary N) is 2. The molecule has 1 aromatic rings. The Hall–Kier alpha value is -1.29. The van der Waals surface area contributed by atoms with Crippen LogP contribution in [0, 0.1) is 11.8 Å². The Balaban J connectivity index is 2.00. The summed E-state index contributed by atoms with van der Waals surface area (Å²) in [6.45, 7) is 4.67. The highest BCUT2D eigenvalue weighted by atomic mass is 15.2. The van der Waals surface area contributed by atoms with E-state index in [1.165, 1.54) is 19.3 Å². The van der Waals surface area contributed by atoms with Gasteiger partial charge in [0, 0.05) is 24.0 Å². The second-order valence-electron chi connectivity index (χ2n) is 5.22. The molecule has 0 spiro atoms. The van der Waals surface area contributed by atoms with E-state index in [1.54, 1.807) is 6.20 Å². The summed E-state index contributed by atoms with van der Waals surface area (Å²) in [7, 11) is 0. The Bertz CT molecular complexity index is 366. The first-order valence-corrected chi connectivity index (χ1v) is 6.38. The van der Waals surface area contributed by atoms with Crippen LogP contribution in [-0.2, 0) is 0 Å². The quantitative estimate of drug-likeness (QED) is 0.555. The molecule has 17 heavy (non-hydrogen) atoms. The van der Waals surface area contributed by atoms with Crippen LogP contribution in [0.3, 0.4) is 0 Å². The van der Waals surface area contributed by atoms with E-state index >= 15 is 0 Å². The first kappa shape index (κ1) is 12.2. The molecule has 3 unspecified atom stereocenters. The summed E-state index contributed by atoms with van der Waals surface area (Å²) in [5.74, 6) is 7.64. The van der Waals surface area contributed by atoms with Crippen molar-refractivity contribution in [3.63, 3.8) is 0 Å². The van der Waals surface area contributed by atoms with Crippen LogP contribution in [0.2, 0.25) is 0 Å². The van der Waals surface area contributed by atoms with Crippen molar-refractivity contribution in [2.24, 2.45) is 17.7 Å². The van der Waals surface area contributed by atoms with Crippen molar-refractivity contribution in [3.8, 4) is 0 Å². The number of pyridine rings is 1. The Morgan fingerprint density at radius 2 is 2.18 bits per heavy atom. The lowest BCUT2D eigenvalue weighted by Crippen LogP contribution is -2.33. The molecule has 4 N–H and O–H groups in total. The molecule has 94 valence electrons. The predicted molar refractivity (Wildman–Crippen MR) is 71.6 cm³/mol. The number of hydrogen-bond acceptors (Lipinski definition) is 4. The zero-order valence-electron chi connectivity index (χ0n) is 10.6. The van der Waals surface area contributed by atoms with E-state index in [0.717, 1.165) is 17.5 Å². The van der Waals surface area contributed by atoms with Crippen LogP contribution in [0.4, 0.5) is 11.5 Å². The van der Waals surface area contributed by atoms with E-state index in [4.69, 9.17) is 5.84 Å². The summed E-state index contributed by atoms with van der Waals surface area (Å²) in [6, 6.07) is 4.51. The topological polar surface area (TPSA) is 63.0 Å². The van der Waals surface area contributed by atoms with E-state index in [0.29, 0.717) is 11.9 Å². The minimum absolute atomic E-state index is 0.569. The summed E-state index contributed by atoms with van der Waals surface area (Å²) in [4.78, 5) is 4.11. The largest absolute Gasteiger partial charge is 0.382 e. The molecule has 0 aliphatic heterocycles. The number of hydrazine groups is 1. The molecule has 0 radical (unpaired) electrons. The zero-order chi connectivity index (χ0) is 12.3. The molecule has 2 rings (SSSR count). The third-order valence-corrected chi connectivity index (χ3v) is 3.69. The molecule has 1 saturated carbocycles. The van der Waals surface area contributed by atoms with Gasteiger partial charge in [-0.3, -0.25) is 0 Å². The normalized spacial score (nSPS) is 28.8. The summed E-state index contributed by atoms with van der Waals surface area (Å²) in [5.41, 5.74) is 3.67. The number of aromatic nitrogens is 1. The Morgan fingerprint density at radius 1 is 1.35 bits per heavy atom. The number of nitrogens with zero attached hydrogens (tertiary/aromatic N) is 1. The maximum absolute atomic E-state index is 5.36. The molecule has 0 aromatic carbocycles.